The molecule has 0 aromatic carbocycles. The summed E-state index contributed by atoms with van der Waals surface area (Å²) in [6, 6.07) is 1.82. The first-order chi connectivity index (χ1) is 8.35. The minimum absolute atomic E-state index is 0.0152. The Morgan fingerprint density at radius 2 is 2.24 bits per heavy atom. The van der Waals surface area contributed by atoms with Gasteiger partial charge < -0.3 is 9.84 Å². The second kappa shape index (κ2) is 6.01. The van der Waals surface area contributed by atoms with Gasteiger partial charge in [0.2, 0.25) is 0 Å². The predicted octanol–water partition coefficient (Wildman–Crippen LogP) is 2.92. The zero-order valence-electron chi connectivity index (χ0n) is 10.4. The molecule has 1 fully saturated rings. The molecule has 17 heavy (non-hydrogen) atoms. The predicted molar refractivity (Wildman–Crippen MR) is 66.8 cm³/mol. The minimum atomic E-state index is 0.0152. The third-order valence-corrected chi connectivity index (χ3v) is 3.68. The van der Waals surface area contributed by atoms with E-state index in [4.69, 9.17) is 4.74 Å². The average Bonchev–Trinajstić information content (AvgIpc) is 2.40. The fraction of sp³-hybridized carbons (Fsp3) is 0.643. The normalized spacial score (nSPS) is 24.6. The van der Waals surface area contributed by atoms with Crippen molar-refractivity contribution in [3.63, 3.8) is 0 Å². The lowest BCUT2D eigenvalue weighted by atomic mass is 9.85. The van der Waals surface area contributed by atoms with E-state index >= 15 is 0 Å². The number of rotatable bonds is 4. The van der Waals surface area contributed by atoms with Gasteiger partial charge >= 0.3 is 0 Å². The van der Waals surface area contributed by atoms with Crippen LogP contribution >= 0.6 is 0 Å². The molecule has 1 aliphatic rings. The van der Waals surface area contributed by atoms with Crippen LogP contribution in [0.1, 0.15) is 44.6 Å². The lowest BCUT2D eigenvalue weighted by molar-refractivity contribution is 0.0874. The summed E-state index contributed by atoms with van der Waals surface area (Å²) in [7, 11) is 0. The van der Waals surface area contributed by atoms with Gasteiger partial charge in [-0.15, -0.1) is 0 Å². The van der Waals surface area contributed by atoms with Crippen LogP contribution in [0.25, 0.3) is 0 Å². The van der Waals surface area contributed by atoms with Gasteiger partial charge in [0.15, 0.2) is 0 Å². The highest BCUT2D eigenvalue weighted by Gasteiger charge is 2.25. The van der Waals surface area contributed by atoms with Gasteiger partial charge in [0.25, 0.3) is 0 Å². The highest BCUT2D eigenvalue weighted by atomic mass is 16.5. The molecule has 0 amide bonds. The van der Waals surface area contributed by atoms with Crippen molar-refractivity contribution in [3.05, 3.63) is 24.0 Å². The van der Waals surface area contributed by atoms with Crippen LogP contribution in [0.2, 0.25) is 0 Å². The van der Waals surface area contributed by atoms with Crippen molar-refractivity contribution in [2.24, 2.45) is 5.92 Å². The van der Waals surface area contributed by atoms with E-state index < -0.39 is 0 Å². The van der Waals surface area contributed by atoms with Gasteiger partial charge in [-0.1, -0.05) is 13.3 Å². The second-order valence-electron chi connectivity index (χ2n) is 4.75. The van der Waals surface area contributed by atoms with Gasteiger partial charge in [-0.2, -0.15) is 0 Å². The number of pyridine rings is 1. The molecule has 1 aromatic heterocycles. The summed E-state index contributed by atoms with van der Waals surface area (Å²) in [5.41, 5.74) is 0.834. The van der Waals surface area contributed by atoms with Crippen molar-refractivity contribution >= 4 is 0 Å². The molecular weight excluding hydrogens is 214 g/mol. The van der Waals surface area contributed by atoms with Crippen molar-refractivity contribution in [1.29, 1.82) is 0 Å². The van der Waals surface area contributed by atoms with Gasteiger partial charge in [0.05, 0.1) is 12.8 Å². The van der Waals surface area contributed by atoms with E-state index in [0.717, 1.165) is 17.7 Å². The highest BCUT2D eigenvalue weighted by molar-refractivity contribution is 5.29. The van der Waals surface area contributed by atoms with E-state index in [1.165, 1.54) is 25.7 Å². The number of aliphatic hydroxyl groups excluding tert-OH is 1. The van der Waals surface area contributed by atoms with Crippen LogP contribution in [0.5, 0.6) is 5.75 Å². The monoisotopic (exact) mass is 235 g/mol. The Bertz CT molecular complexity index is 354. The van der Waals surface area contributed by atoms with E-state index in [-0.39, 0.29) is 6.61 Å². The Morgan fingerprint density at radius 3 is 3.00 bits per heavy atom. The average molecular weight is 235 g/mol. The van der Waals surface area contributed by atoms with Gasteiger partial charge in [0, 0.05) is 11.8 Å². The second-order valence-corrected chi connectivity index (χ2v) is 4.75. The van der Waals surface area contributed by atoms with Crippen LogP contribution in [-0.2, 0) is 6.61 Å². The Labute approximate surface area is 103 Å². The Kier molecular flexibility index (Phi) is 4.37. The van der Waals surface area contributed by atoms with Crippen LogP contribution in [0.15, 0.2) is 18.5 Å². The minimum Gasteiger partial charge on any atom is -0.488 e. The van der Waals surface area contributed by atoms with Crippen LogP contribution in [0.4, 0.5) is 0 Å². The van der Waals surface area contributed by atoms with E-state index in [0.29, 0.717) is 12.0 Å². The SMILES string of the molecule is CCC1CCCCC1Oc1cnccc1CO. The molecule has 0 spiro atoms. The first-order valence-electron chi connectivity index (χ1n) is 6.55. The molecule has 2 atom stereocenters. The summed E-state index contributed by atoms with van der Waals surface area (Å²) >= 11 is 0. The van der Waals surface area contributed by atoms with Crippen LogP contribution in [-0.4, -0.2) is 16.2 Å². The van der Waals surface area contributed by atoms with E-state index in [2.05, 4.69) is 11.9 Å². The summed E-state index contributed by atoms with van der Waals surface area (Å²) < 4.78 is 6.06. The lowest BCUT2D eigenvalue weighted by Gasteiger charge is -2.31. The summed E-state index contributed by atoms with van der Waals surface area (Å²) in [6.07, 6.45) is 9.81. The zero-order chi connectivity index (χ0) is 12.1. The van der Waals surface area contributed by atoms with Crippen molar-refractivity contribution in [2.45, 2.75) is 51.7 Å². The Balaban J connectivity index is 2.08. The van der Waals surface area contributed by atoms with E-state index in [1.54, 1.807) is 12.4 Å². The quantitative estimate of drug-likeness (QED) is 0.872. The van der Waals surface area contributed by atoms with Gasteiger partial charge in [0.1, 0.15) is 11.9 Å². The smallest absolute Gasteiger partial charge is 0.143 e. The third-order valence-electron chi connectivity index (χ3n) is 3.68. The van der Waals surface area contributed by atoms with Gasteiger partial charge in [-0.25, -0.2) is 0 Å². The summed E-state index contributed by atoms with van der Waals surface area (Å²) in [5, 5.41) is 9.26. The Hall–Kier alpha value is -1.09. The van der Waals surface area contributed by atoms with Crippen molar-refractivity contribution in [2.75, 3.05) is 0 Å². The van der Waals surface area contributed by atoms with Crippen molar-refractivity contribution in [1.82, 2.24) is 4.98 Å². The summed E-state index contributed by atoms with van der Waals surface area (Å²) in [4.78, 5) is 4.07. The fourth-order valence-corrected chi connectivity index (χ4v) is 2.60. The van der Waals surface area contributed by atoms with Gasteiger partial charge in [-0.3, -0.25) is 4.98 Å². The maximum Gasteiger partial charge on any atom is 0.143 e. The maximum atomic E-state index is 9.26. The maximum absolute atomic E-state index is 9.26. The molecule has 3 nitrogen and oxygen atoms in total. The Morgan fingerprint density at radius 1 is 1.41 bits per heavy atom. The van der Waals surface area contributed by atoms with Crippen LogP contribution in [0, 0.1) is 5.92 Å². The number of aromatic nitrogens is 1. The molecule has 1 saturated carbocycles. The van der Waals surface area contributed by atoms with E-state index in [9.17, 15) is 5.11 Å². The molecule has 0 saturated heterocycles. The molecular formula is C14H21NO2. The number of hydrogen-bond donors (Lipinski definition) is 1. The van der Waals surface area contributed by atoms with E-state index in [1.807, 2.05) is 6.07 Å². The molecule has 2 unspecified atom stereocenters. The molecule has 0 radical (unpaired) electrons. The number of aliphatic hydroxyl groups is 1. The number of hydrogen-bond acceptors (Lipinski definition) is 3. The molecule has 0 bridgehead atoms. The standard InChI is InChI=1S/C14H21NO2/c1-2-11-5-3-4-6-13(11)17-14-9-15-8-7-12(14)10-16/h7-9,11,13,16H,2-6,10H2,1H3. The third kappa shape index (κ3) is 2.97. The fourth-order valence-electron chi connectivity index (χ4n) is 2.60. The highest BCUT2D eigenvalue weighted by Crippen LogP contribution is 2.31. The molecule has 1 heterocycles. The molecule has 94 valence electrons. The van der Waals surface area contributed by atoms with Crippen molar-refractivity contribution < 1.29 is 9.84 Å². The summed E-state index contributed by atoms with van der Waals surface area (Å²) in [5.74, 6) is 1.40. The molecule has 1 aliphatic carbocycles. The molecule has 3 heteroatoms. The zero-order valence-corrected chi connectivity index (χ0v) is 10.4. The van der Waals surface area contributed by atoms with Crippen LogP contribution in [0.3, 0.4) is 0 Å². The first-order valence-corrected chi connectivity index (χ1v) is 6.55. The topological polar surface area (TPSA) is 42.4 Å². The summed E-state index contributed by atoms with van der Waals surface area (Å²) in [6.45, 7) is 2.24. The molecule has 1 N–H and O–H groups in total. The number of ether oxygens (including phenoxy) is 1. The molecule has 0 aliphatic heterocycles. The first kappa shape index (κ1) is 12.4. The van der Waals surface area contributed by atoms with Crippen LogP contribution < -0.4 is 4.74 Å². The van der Waals surface area contributed by atoms with Crippen molar-refractivity contribution in [3.8, 4) is 5.75 Å². The van der Waals surface area contributed by atoms with Gasteiger partial charge in [-0.05, 0) is 37.7 Å². The number of nitrogens with zero attached hydrogens (tertiary/aromatic N) is 1. The molecule has 1 aromatic rings. The molecule has 2 rings (SSSR count). The largest absolute Gasteiger partial charge is 0.488 e. The lowest BCUT2D eigenvalue weighted by Crippen LogP contribution is -2.30.